The van der Waals surface area contributed by atoms with Crippen molar-refractivity contribution in [3.05, 3.63) is 59.1 Å². The molecule has 1 saturated carbocycles. The third kappa shape index (κ3) is 4.49. The standard InChI is InChI=1S/C19H21ClN2O2/c1-24-18-5-3-2-4-17(18)21-19(23)13-22(16-10-11-16)12-14-6-8-15(20)9-7-14/h2-9,16H,10-13H2,1H3,(H,21,23). The SMILES string of the molecule is COc1ccccc1NC(=O)CN(Cc1ccc(Cl)cc1)C1CC1. The van der Waals surface area contributed by atoms with Gasteiger partial charge in [0.1, 0.15) is 5.75 Å². The van der Waals surface area contributed by atoms with Gasteiger partial charge < -0.3 is 10.1 Å². The Balaban J connectivity index is 1.63. The van der Waals surface area contributed by atoms with E-state index in [1.54, 1.807) is 7.11 Å². The number of para-hydroxylation sites is 2. The van der Waals surface area contributed by atoms with Crippen LogP contribution in [0.2, 0.25) is 5.02 Å². The fourth-order valence-electron chi connectivity index (χ4n) is 2.70. The quantitative estimate of drug-likeness (QED) is 0.826. The average molecular weight is 345 g/mol. The summed E-state index contributed by atoms with van der Waals surface area (Å²) in [4.78, 5) is 14.7. The van der Waals surface area contributed by atoms with Crippen molar-refractivity contribution in [1.82, 2.24) is 4.90 Å². The van der Waals surface area contributed by atoms with Crippen LogP contribution in [0.25, 0.3) is 0 Å². The molecule has 0 heterocycles. The monoisotopic (exact) mass is 344 g/mol. The van der Waals surface area contributed by atoms with Crippen LogP contribution in [0.5, 0.6) is 5.75 Å². The normalized spacial score (nSPS) is 13.8. The third-order valence-electron chi connectivity index (χ3n) is 4.09. The molecule has 0 spiro atoms. The number of halogens is 1. The summed E-state index contributed by atoms with van der Waals surface area (Å²) in [6, 6.07) is 15.7. The van der Waals surface area contributed by atoms with Crippen LogP contribution in [0.4, 0.5) is 5.69 Å². The lowest BCUT2D eigenvalue weighted by molar-refractivity contribution is -0.117. The minimum absolute atomic E-state index is 0.0274. The van der Waals surface area contributed by atoms with Crippen molar-refractivity contribution in [2.75, 3.05) is 19.0 Å². The second-order valence-electron chi connectivity index (χ2n) is 6.01. The molecule has 2 aromatic carbocycles. The molecule has 3 rings (SSSR count). The number of hydrogen-bond donors (Lipinski definition) is 1. The number of nitrogens with zero attached hydrogens (tertiary/aromatic N) is 1. The maximum Gasteiger partial charge on any atom is 0.238 e. The van der Waals surface area contributed by atoms with Gasteiger partial charge in [0.05, 0.1) is 19.3 Å². The Morgan fingerprint density at radius 2 is 1.92 bits per heavy atom. The Morgan fingerprint density at radius 3 is 2.58 bits per heavy atom. The lowest BCUT2D eigenvalue weighted by Gasteiger charge is -2.22. The molecule has 0 radical (unpaired) electrons. The molecule has 0 bridgehead atoms. The molecule has 1 aliphatic carbocycles. The van der Waals surface area contributed by atoms with Crippen molar-refractivity contribution in [2.45, 2.75) is 25.4 Å². The number of benzene rings is 2. The maximum atomic E-state index is 12.4. The highest BCUT2D eigenvalue weighted by Gasteiger charge is 2.30. The minimum Gasteiger partial charge on any atom is -0.495 e. The van der Waals surface area contributed by atoms with E-state index in [9.17, 15) is 4.79 Å². The highest BCUT2D eigenvalue weighted by Crippen LogP contribution is 2.29. The first-order valence-corrected chi connectivity index (χ1v) is 8.45. The molecule has 2 aromatic rings. The predicted octanol–water partition coefficient (Wildman–Crippen LogP) is 3.95. The lowest BCUT2D eigenvalue weighted by Crippen LogP contribution is -2.34. The second-order valence-corrected chi connectivity index (χ2v) is 6.45. The summed E-state index contributed by atoms with van der Waals surface area (Å²) in [7, 11) is 1.60. The van der Waals surface area contributed by atoms with E-state index in [1.807, 2.05) is 48.5 Å². The van der Waals surface area contributed by atoms with E-state index < -0.39 is 0 Å². The van der Waals surface area contributed by atoms with E-state index in [0.29, 0.717) is 24.0 Å². The summed E-state index contributed by atoms with van der Waals surface area (Å²) in [6.45, 7) is 1.12. The number of hydrogen-bond acceptors (Lipinski definition) is 3. The summed E-state index contributed by atoms with van der Waals surface area (Å²) in [5.41, 5.74) is 1.86. The summed E-state index contributed by atoms with van der Waals surface area (Å²) in [5, 5.41) is 3.67. The zero-order chi connectivity index (χ0) is 16.9. The van der Waals surface area contributed by atoms with Gasteiger partial charge in [-0.2, -0.15) is 0 Å². The Morgan fingerprint density at radius 1 is 1.21 bits per heavy atom. The van der Waals surface area contributed by atoms with E-state index >= 15 is 0 Å². The van der Waals surface area contributed by atoms with Gasteiger partial charge in [-0.05, 0) is 42.7 Å². The van der Waals surface area contributed by atoms with Crippen LogP contribution in [0.1, 0.15) is 18.4 Å². The number of anilines is 1. The fourth-order valence-corrected chi connectivity index (χ4v) is 2.83. The van der Waals surface area contributed by atoms with Crippen molar-refractivity contribution in [2.24, 2.45) is 0 Å². The van der Waals surface area contributed by atoms with E-state index in [0.717, 1.165) is 30.0 Å². The van der Waals surface area contributed by atoms with Gasteiger partial charge >= 0.3 is 0 Å². The largest absolute Gasteiger partial charge is 0.495 e. The van der Waals surface area contributed by atoms with Crippen LogP contribution in [-0.4, -0.2) is 30.5 Å². The molecular weight excluding hydrogens is 324 g/mol. The van der Waals surface area contributed by atoms with E-state index in [4.69, 9.17) is 16.3 Å². The highest BCUT2D eigenvalue weighted by atomic mass is 35.5. The summed E-state index contributed by atoms with van der Waals surface area (Å²) < 4.78 is 5.28. The van der Waals surface area contributed by atoms with Crippen LogP contribution in [0.3, 0.4) is 0 Å². The smallest absolute Gasteiger partial charge is 0.238 e. The van der Waals surface area contributed by atoms with Gasteiger partial charge in [-0.3, -0.25) is 9.69 Å². The van der Waals surface area contributed by atoms with Crippen LogP contribution in [0.15, 0.2) is 48.5 Å². The van der Waals surface area contributed by atoms with Crippen molar-refractivity contribution in [3.8, 4) is 5.75 Å². The zero-order valence-corrected chi connectivity index (χ0v) is 14.4. The Labute approximate surface area is 147 Å². The molecule has 1 aliphatic rings. The molecule has 1 fully saturated rings. The predicted molar refractivity (Wildman–Crippen MR) is 96.5 cm³/mol. The first kappa shape index (κ1) is 16.8. The van der Waals surface area contributed by atoms with Gasteiger partial charge in [0.15, 0.2) is 0 Å². The lowest BCUT2D eigenvalue weighted by atomic mass is 10.2. The first-order chi connectivity index (χ1) is 11.7. The molecule has 126 valence electrons. The molecule has 24 heavy (non-hydrogen) atoms. The van der Waals surface area contributed by atoms with Gasteiger partial charge in [-0.25, -0.2) is 0 Å². The molecule has 0 atom stereocenters. The maximum absolute atomic E-state index is 12.4. The Kier molecular flexibility index (Phi) is 5.38. The minimum atomic E-state index is -0.0274. The average Bonchev–Trinajstić information content (AvgIpc) is 3.42. The van der Waals surface area contributed by atoms with Gasteiger partial charge in [0, 0.05) is 17.6 Å². The molecule has 5 heteroatoms. The highest BCUT2D eigenvalue weighted by molar-refractivity contribution is 6.30. The van der Waals surface area contributed by atoms with Gasteiger partial charge in [0.25, 0.3) is 0 Å². The van der Waals surface area contributed by atoms with E-state index in [2.05, 4.69) is 10.2 Å². The Hall–Kier alpha value is -2.04. The fraction of sp³-hybridized carbons (Fsp3) is 0.316. The van der Waals surface area contributed by atoms with Crippen molar-refractivity contribution >= 4 is 23.2 Å². The third-order valence-corrected chi connectivity index (χ3v) is 4.34. The molecular formula is C19H21ClN2O2. The van der Waals surface area contributed by atoms with Crippen molar-refractivity contribution < 1.29 is 9.53 Å². The number of ether oxygens (including phenoxy) is 1. The van der Waals surface area contributed by atoms with Crippen LogP contribution in [-0.2, 0) is 11.3 Å². The molecule has 0 aromatic heterocycles. The summed E-state index contributed by atoms with van der Waals surface area (Å²) >= 11 is 5.94. The van der Waals surface area contributed by atoms with Gasteiger partial charge in [-0.1, -0.05) is 35.9 Å². The van der Waals surface area contributed by atoms with Crippen molar-refractivity contribution in [1.29, 1.82) is 0 Å². The van der Waals surface area contributed by atoms with Crippen LogP contribution >= 0.6 is 11.6 Å². The molecule has 0 saturated heterocycles. The summed E-state index contributed by atoms with van der Waals surface area (Å²) in [6.07, 6.45) is 2.30. The van der Waals surface area contributed by atoms with E-state index in [-0.39, 0.29) is 5.91 Å². The second kappa shape index (κ2) is 7.69. The van der Waals surface area contributed by atoms with Gasteiger partial charge in [0.2, 0.25) is 5.91 Å². The molecule has 1 N–H and O–H groups in total. The van der Waals surface area contributed by atoms with Crippen LogP contribution in [0, 0.1) is 0 Å². The molecule has 0 aliphatic heterocycles. The van der Waals surface area contributed by atoms with E-state index in [1.165, 1.54) is 0 Å². The van der Waals surface area contributed by atoms with Crippen LogP contribution < -0.4 is 10.1 Å². The number of methoxy groups -OCH3 is 1. The number of nitrogens with one attached hydrogen (secondary N) is 1. The molecule has 0 unspecified atom stereocenters. The summed E-state index contributed by atoms with van der Waals surface area (Å²) in [5.74, 6) is 0.641. The number of carbonyl (C=O) groups is 1. The zero-order valence-electron chi connectivity index (χ0n) is 13.7. The van der Waals surface area contributed by atoms with Gasteiger partial charge in [-0.15, -0.1) is 0 Å². The number of carbonyl (C=O) groups excluding carboxylic acids is 1. The van der Waals surface area contributed by atoms with Crippen molar-refractivity contribution in [3.63, 3.8) is 0 Å². The molecule has 1 amide bonds. The Bertz CT molecular complexity index is 699. The first-order valence-electron chi connectivity index (χ1n) is 8.07. The topological polar surface area (TPSA) is 41.6 Å². The molecule has 4 nitrogen and oxygen atoms in total. The number of amides is 1. The number of rotatable bonds is 7.